The summed E-state index contributed by atoms with van der Waals surface area (Å²) in [7, 11) is 4.33. The zero-order valence-corrected chi connectivity index (χ0v) is 9.63. The van der Waals surface area contributed by atoms with Gasteiger partial charge >= 0.3 is 5.97 Å². The number of carbonyl (C=O) groups is 1. The van der Waals surface area contributed by atoms with E-state index in [1.807, 2.05) is 0 Å². The van der Waals surface area contributed by atoms with Crippen LogP contribution in [0.3, 0.4) is 0 Å². The average Bonchev–Trinajstić information content (AvgIpc) is 2.27. The predicted molar refractivity (Wildman–Crippen MR) is 58.1 cm³/mol. The largest absolute Gasteiger partial charge is 0.493 e. The van der Waals surface area contributed by atoms with E-state index in [0.717, 1.165) is 0 Å². The molecule has 0 spiro atoms. The molecule has 0 aromatic heterocycles. The van der Waals surface area contributed by atoms with E-state index in [0.29, 0.717) is 22.0 Å². The van der Waals surface area contributed by atoms with Crippen molar-refractivity contribution >= 4 is 18.6 Å². The third-order valence-corrected chi connectivity index (χ3v) is 2.28. The molecule has 1 rings (SSSR count). The highest BCUT2D eigenvalue weighted by Crippen LogP contribution is 2.32. The molecule has 0 radical (unpaired) electrons. The van der Waals surface area contributed by atoms with E-state index < -0.39 is 5.97 Å². The van der Waals surface area contributed by atoms with E-state index in [9.17, 15) is 4.79 Å². The first-order chi connectivity index (χ1) is 7.13. The molecule has 0 atom stereocenters. The Bertz CT molecular complexity index is 376. The Morgan fingerprint density at radius 3 is 2.13 bits per heavy atom. The Morgan fingerprint density at radius 1 is 1.13 bits per heavy atom. The van der Waals surface area contributed by atoms with Crippen LogP contribution >= 0.6 is 12.6 Å². The van der Waals surface area contributed by atoms with Crippen LogP contribution in [0.1, 0.15) is 10.4 Å². The molecule has 0 aliphatic rings. The second-order valence-corrected chi connectivity index (χ2v) is 3.20. The summed E-state index contributed by atoms with van der Waals surface area (Å²) in [5.41, 5.74) is 0.346. The van der Waals surface area contributed by atoms with Gasteiger partial charge in [0.05, 0.1) is 26.9 Å². The molecular formula is C10H12O4S. The summed E-state index contributed by atoms with van der Waals surface area (Å²) in [6, 6.07) is 3.14. The highest BCUT2D eigenvalue weighted by Gasteiger charge is 2.14. The summed E-state index contributed by atoms with van der Waals surface area (Å²) < 4.78 is 14.7. The molecule has 82 valence electrons. The van der Waals surface area contributed by atoms with E-state index in [2.05, 4.69) is 17.4 Å². The summed E-state index contributed by atoms with van der Waals surface area (Å²) in [4.78, 5) is 11.8. The van der Waals surface area contributed by atoms with Gasteiger partial charge in [-0.2, -0.15) is 0 Å². The van der Waals surface area contributed by atoms with Crippen molar-refractivity contribution in [2.75, 3.05) is 21.3 Å². The highest BCUT2D eigenvalue weighted by molar-refractivity contribution is 7.80. The van der Waals surface area contributed by atoms with E-state index in [-0.39, 0.29) is 0 Å². The number of methoxy groups -OCH3 is 3. The fourth-order valence-electron chi connectivity index (χ4n) is 1.14. The summed E-state index contributed by atoms with van der Waals surface area (Å²) in [6.45, 7) is 0. The molecule has 0 amide bonds. The summed E-state index contributed by atoms with van der Waals surface area (Å²) in [5, 5.41) is 0. The van der Waals surface area contributed by atoms with Gasteiger partial charge in [-0.1, -0.05) is 0 Å². The minimum Gasteiger partial charge on any atom is -0.493 e. The first kappa shape index (κ1) is 11.7. The third kappa shape index (κ3) is 2.36. The van der Waals surface area contributed by atoms with Gasteiger partial charge in [0.15, 0.2) is 11.5 Å². The van der Waals surface area contributed by atoms with Crippen molar-refractivity contribution in [2.45, 2.75) is 4.90 Å². The molecule has 0 saturated carbocycles. The molecular weight excluding hydrogens is 216 g/mol. The zero-order chi connectivity index (χ0) is 11.4. The van der Waals surface area contributed by atoms with Crippen molar-refractivity contribution in [3.05, 3.63) is 17.7 Å². The zero-order valence-electron chi connectivity index (χ0n) is 8.73. The Kier molecular flexibility index (Phi) is 3.85. The number of carbonyl (C=O) groups excluding carboxylic acids is 1. The smallest absolute Gasteiger partial charge is 0.339 e. The first-order valence-electron chi connectivity index (χ1n) is 4.17. The normalized spacial score (nSPS) is 9.60. The van der Waals surface area contributed by atoms with Crippen molar-refractivity contribution in [3.8, 4) is 11.5 Å². The average molecular weight is 228 g/mol. The first-order valence-corrected chi connectivity index (χ1v) is 4.62. The molecule has 0 N–H and O–H groups in total. The molecule has 0 unspecified atom stereocenters. The topological polar surface area (TPSA) is 44.8 Å². The fraction of sp³-hybridized carbons (Fsp3) is 0.300. The van der Waals surface area contributed by atoms with Gasteiger partial charge in [-0.05, 0) is 12.1 Å². The third-order valence-electron chi connectivity index (χ3n) is 1.91. The van der Waals surface area contributed by atoms with Crippen LogP contribution in [-0.4, -0.2) is 27.3 Å². The molecule has 5 heteroatoms. The highest BCUT2D eigenvalue weighted by atomic mass is 32.1. The number of ether oxygens (including phenoxy) is 3. The minimum absolute atomic E-state index is 0.346. The van der Waals surface area contributed by atoms with E-state index in [1.165, 1.54) is 27.4 Å². The molecule has 4 nitrogen and oxygen atoms in total. The molecule has 15 heavy (non-hydrogen) atoms. The SMILES string of the molecule is COC(=O)c1cc(OC)c(OC)cc1S. The molecule has 0 aliphatic carbocycles. The van der Waals surface area contributed by atoms with Crippen molar-refractivity contribution in [2.24, 2.45) is 0 Å². The standard InChI is InChI=1S/C10H12O4S/c1-12-7-4-6(10(11)14-3)9(15)5-8(7)13-2/h4-5,15H,1-3H3. The molecule has 0 aliphatic heterocycles. The molecule has 1 aromatic rings. The van der Waals surface area contributed by atoms with Crippen LogP contribution in [0.5, 0.6) is 11.5 Å². The predicted octanol–water partition coefficient (Wildman–Crippen LogP) is 1.78. The van der Waals surface area contributed by atoms with E-state index in [4.69, 9.17) is 9.47 Å². The summed E-state index contributed by atoms with van der Waals surface area (Å²) in [6.07, 6.45) is 0. The van der Waals surface area contributed by atoms with Gasteiger partial charge in [0, 0.05) is 4.90 Å². The van der Waals surface area contributed by atoms with Crippen LogP contribution in [0.15, 0.2) is 17.0 Å². The minimum atomic E-state index is -0.457. The van der Waals surface area contributed by atoms with E-state index >= 15 is 0 Å². The molecule has 0 fully saturated rings. The molecule has 1 aromatic carbocycles. The lowest BCUT2D eigenvalue weighted by atomic mass is 10.2. The quantitative estimate of drug-likeness (QED) is 0.632. The number of rotatable bonds is 3. The molecule has 0 bridgehead atoms. The van der Waals surface area contributed by atoms with Crippen molar-refractivity contribution < 1.29 is 19.0 Å². The van der Waals surface area contributed by atoms with Crippen molar-refractivity contribution in [1.29, 1.82) is 0 Å². The van der Waals surface area contributed by atoms with Gasteiger partial charge in [-0.25, -0.2) is 4.79 Å². The van der Waals surface area contributed by atoms with Crippen LogP contribution < -0.4 is 9.47 Å². The lowest BCUT2D eigenvalue weighted by Crippen LogP contribution is -2.03. The van der Waals surface area contributed by atoms with Gasteiger partial charge in [-0.15, -0.1) is 12.6 Å². The molecule has 0 saturated heterocycles. The van der Waals surface area contributed by atoms with Gasteiger partial charge in [0.25, 0.3) is 0 Å². The maximum absolute atomic E-state index is 11.3. The Balaban J connectivity index is 3.25. The van der Waals surface area contributed by atoms with Crippen molar-refractivity contribution in [3.63, 3.8) is 0 Å². The maximum Gasteiger partial charge on any atom is 0.339 e. The number of hydrogen-bond acceptors (Lipinski definition) is 5. The fourth-order valence-corrected chi connectivity index (χ4v) is 1.41. The lowest BCUT2D eigenvalue weighted by molar-refractivity contribution is 0.0596. The number of hydrogen-bond donors (Lipinski definition) is 1. The van der Waals surface area contributed by atoms with Crippen LogP contribution in [-0.2, 0) is 4.74 Å². The maximum atomic E-state index is 11.3. The summed E-state index contributed by atoms with van der Waals surface area (Å²) in [5.74, 6) is 0.534. The molecule has 0 heterocycles. The second kappa shape index (κ2) is 4.93. The van der Waals surface area contributed by atoms with Crippen LogP contribution in [0.4, 0.5) is 0 Å². The lowest BCUT2D eigenvalue weighted by Gasteiger charge is -2.10. The number of thiol groups is 1. The number of esters is 1. The summed E-state index contributed by atoms with van der Waals surface area (Å²) >= 11 is 4.16. The number of benzene rings is 1. The Hall–Kier alpha value is -1.36. The Morgan fingerprint density at radius 2 is 1.67 bits per heavy atom. The van der Waals surface area contributed by atoms with Crippen LogP contribution in [0.2, 0.25) is 0 Å². The van der Waals surface area contributed by atoms with Gasteiger partial charge in [0.2, 0.25) is 0 Å². The van der Waals surface area contributed by atoms with Gasteiger partial charge in [0.1, 0.15) is 0 Å². The van der Waals surface area contributed by atoms with Crippen molar-refractivity contribution in [1.82, 2.24) is 0 Å². The monoisotopic (exact) mass is 228 g/mol. The van der Waals surface area contributed by atoms with Crippen LogP contribution in [0, 0.1) is 0 Å². The van der Waals surface area contributed by atoms with Crippen LogP contribution in [0.25, 0.3) is 0 Å². The van der Waals surface area contributed by atoms with Gasteiger partial charge < -0.3 is 14.2 Å². The second-order valence-electron chi connectivity index (χ2n) is 2.72. The van der Waals surface area contributed by atoms with Gasteiger partial charge in [-0.3, -0.25) is 0 Å². The van der Waals surface area contributed by atoms with E-state index in [1.54, 1.807) is 6.07 Å². The Labute approximate surface area is 93.5 Å².